The van der Waals surface area contributed by atoms with Crippen LogP contribution >= 0.6 is 0 Å². The van der Waals surface area contributed by atoms with Gasteiger partial charge in [-0.25, -0.2) is 0 Å². The van der Waals surface area contributed by atoms with Crippen molar-refractivity contribution in [2.75, 3.05) is 6.54 Å². The second-order valence-electron chi connectivity index (χ2n) is 7.71. The van der Waals surface area contributed by atoms with Gasteiger partial charge in [0.2, 0.25) is 0 Å². The van der Waals surface area contributed by atoms with Crippen molar-refractivity contribution in [2.24, 2.45) is 0 Å². The van der Waals surface area contributed by atoms with E-state index in [-0.39, 0.29) is 0 Å². The van der Waals surface area contributed by atoms with Crippen LogP contribution in [0.3, 0.4) is 0 Å². The zero-order valence-corrected chi connectivity index (χ0v) is 19.6. The molecule has 0 aromatic carbocycles. The van der Waals surface area contributed by atoms with Gasteiger partial charge in [0, 0.05) is 0 Å². The Labute approximate surface area is 140 Å². The Morgan fingerprint density at radius 1 is 0.810 bits per heavy atom. The summed E-state index contributed by atoms with van der Waals surface area (Å²) in [6, 6.07) is 0. The van der Waals surface area contributed by atoms with Gasteiger partial charge in [-0.3, -0.25) is 0 Å². The first kappa shape index (κ1) is 21.7. The zero-order valence-electron chi connectivity index (χ0n) is 15.7. The van der Waals surface area contributed by atoms with Crippen molar-refractivity contribution >= 4 is 26.6 Å². The van der Waals surface area contributed by atoms with Crippen molar-refractivity contribution in [2.45, 2.75) is 92.2 Å². The molecule has 0 aromatic rings. The van der Waals surface area contributed by atoms with Crippen LogP contribution in [0.4, 0.5) is 0 Å². The van der Waals surface area contributed by atoms with E-state index in [1.54, 1.807) is 13.3 Å². The summed E-state index contributed by atoms with van der Waals surface area (Å²) < 4.78 is 7.57. The summed E-state index contributed by atoms with van der Waals surface area (Å²) in [4.78, 5) is 3.75. The Morgan fingerprint density at radius 3 is 1.57 bits per heavy atom. The van der Waals surface area contributed by atoms with E-state index in [4.69, 9.17) is 0 Å². The van der Waals surface area contributed by atoms with Crippen LogP contribution in [-0.2, 0) is 0 Å². The van der Waals surface area contributed by atoms with E-state index < -0.39 is 26.6 Å². The molecule has 0 radical (unpaired) electrons. The van der Waals surface area contributed by atoms with Gasteiger partial charge in [-0.05, 0) is 0 Å². The normalized spacial score (nSPS) is 13.2. The van der Waals surface area contributed by atoms with E-state index in [9.17, 15) is 0 Å². The number of rotatable bonds is 13. The van der Waals surface area contributed by atoms with Gasteiger partial charge < -0.3 is 0 Å². The molecule has 1 nitrogen and oxygen atoms in total. The van der Waals surface area contributed by atoms with Gasteiger partial charge in [0.15, 0.2) is 0 Å². The molecule has 0 unspecified atom stereocenters. The molecule has 0 aromatic heterocycles. The van der Waals surface area contributed by atoms with Crippen LogP contribution in [0.25, 0.3) is 0 Å². The van der Waals surface area contributed by atoms with Crippen molar-refractivity contribution in [1.29, 1.82) is 0 Å². The van der Waals surface area contributed by atoms with Crippen molar-refractivity contribution in [3.8, 4) is 0 Å². The van der Waals surface area contributed by atoms with Gasteiger partial charge in [-0.2, -0.15) is 0 Å². The zero-order chi connectivity index (χ0) is 16.2. The molecule has 1 N–H and O–H groups in total. The first-order valence-electron chi connectivity index (χ1n) is 9.32. The average molecular weight is 418 g/mol. The van der Waals surface area contributed by atoms with Crippen LogP contribution in [0.15, 0.2) is 10.2 Å². The van der Waals surface area contributed by atoms with E-state index in [2.05, 4.69) is 55.6 Å². The standard InChI is InChI=1S/C6H14NSi.3C4H9.Sn/c1-5-6-7-8(2,3)4;3*1-3-4-2;/h1,5,7H,6H2,2-4H3;3*1,3-4H2,2H3;. The van der Waals surface area contributed by atoms with Crippen molar-refractivity contribution in [1.82, 2.24) is 4.98 Å². The molecule has 0 saturated heterocycles. The van der Waals surface area contributed by atoms with Crippen LogP contribution in [0.2, 0.25) is 33.0 Å². The third kappa shape index (κ3) is 11.9. The minimum absolute atomic E-state index is 1.11. The van der Waals surface area contributed by atoms with Gasteiger partial charge >= 0.3 is 141 Å². The molecule has 0 aliphatic rings. The monoisotopic (exact) mass is 419 g/mol. The Morgan fingerprint density at radius 2 is 1.24 bits per heavy atom. The molecule has 0 spiro atoms. The second-order valence-corrected chi connectivity index (χ2v) is 25.6. The molecule has 0 saturated carbocycles. The molecule has 0 aliphatic carbocycles. The second kappa shape index (κ2) is 12.2. The maximum atomic E-state index is 3.75. The summed E-state index contributed by atoms with van der Waals surface area (Å²) in [6.07, 6.45) is 11.0. The number of hydrogen-bond donors (Lipinski definition) is 1. The van der Waals surface area contributed by atoms with Crippen LogP contribution in [-0.4, -0.2) is 33.2 Å². The number of hydrogen-bond acceptors (Lipinski definition) is 1. The van der Waals surface area contributed by atoms with E-state index in [0.29, 0.717) is 0 Å². The van der Waals surface area contributed by atoms with Crippen molar-refractivity contribution in [3.63, 3.8) is 0 Å². The fraction of sp³-hybridized carbons (Fsp3) is 0.889. The molecule has 0 fully saturated rings. The first-order chi connectivity index (χ1) is 9.89. The third-order valence-electron chi connectivity index (χ3n) is 4.31. The predicted octanol–water partition coefficient (Wildman–Crippen LogP) is 6.36. The molecule has 0 amide bonds. The minimum atomic E-state index is -2.00. The van der Waals surface area contributed by atoms with Crippen LogP contribution < -0.4 is 4.98 Å². The Bertz CT molecular complexity index is 249. The Balaban J connectivity index is 4.72. The summed E-state index contributed by atoms with van der Waals surface area (Å²) >= 11 is -2.00. The van der Waals surface area contributed by atoms with E-state index in [0.717, 1.165) is 6.54 Å². The SMILES string of the molecule is CCC[CH2][Sn](/[CH]=C\CN[Si](C)(C)C)([CH2]CCC)[CH2]CCC. The molecule has 0 bridgehead atoms. The van der Waals surface area contributed by atoms with Crippen molar-refractivity contribution in [3.05, 3.63) is 10.2 Å². The van der Waals surface area contributed by atoms with Gasteiger partial charge in [0.1, 0.15) is 0 Å². The molecule has 126 valence electrons. The first-order valence-corrected chi connectivity index (χ1v) is 20.5. The quantitative estimate of drug-likeness (QED) is 0.344. The van der Waals surface area contributed by atoms with Crippen LogP contribution in [0.5, 0.6) is 0 Å². The molecule has 21 heavy (non-hydrogen) atoms. The Kier molecular flexibility index (Phi) is 12.6. The Hall–Kier alpha value is 0.716. The van der Waals surface area contributed by atoms with Gasteiger partial charge in [0.05, 0.1) is 0 Å². The molecule has 0 aliphatic heterocycles. The third-order valence-corrected chi connectivity index (χ3v) is 19.8. The molecular formula is C18H41NSiSn. The summed E-state index contributed by atoms with van der Waals surface area (Å²) in [7, 11) is -1.11. The number of nitrogens with one attached hydrogen (secondary N) is 1. The predicted molar refractivity (Wildman–Crippen MR) is 105 cm³/mol. The van der Waals surface area contributed by atoms with Crippen LogP contribution in [0, 0.1) is 0 Å². The van der Waals surface area contributed by atoms with Crippen molar-refractivity contribution < 1.29 is 0 Å². The molecule has 0 heterocycles. The molecule has 0 rings (SSSR count). The fourth-order valence-corrected chi connectivity index (χ4v) is 18.0. The molecular weight excluding hydrogens is 377 g/mol. The van der Waals surface area contributed by atoms with Gasteiger partial charge in [0.25, 0.3) is 0 Å². The summed E-state index contributed by atoms with van der Waals surface area (Å²) in [6.45, 7) is 15.3. The summed E-state index contributed by atoms with van der Waals surface area (Å²) in [5, 5.41) is 0. The fourth-order valence-electron chi connectivity index (χ4n) is 2.89. The van der Waals surface area contributed by atoms with Crippen LogP contribution in [0.1, 0.15) is 59.3 Å². The summed E-state index contributed by atoms with van der Waals surface area (Å²) in [5.74, 6) is 0. The molecule has 0 atom stereocenters. The van der Waals surface area contributed by atoms with Gasteiger partial charge in [-0.15, -0.1) is 0 Å². The van der Waals surface area contributed by atoms with E-state index >= 15 is 0 Å². The topological polar surface area (TPSA) is 12.0 Å². The maximum absolute atomic E-state index is 3.75. The molecule has 3 heteroatoms. The number of unbranched alkanes of at least 4 members (excludes halogenated alkanes) is 3. The van der Waals surface area contributed by atoms with E-state index in [1.807, 2.05) is 0 Å². The van der Waals surface area contributed by atoms with Gasteiger partial charge in [-0.1, -0.05) is 0 Å². The van der Waals surface area contributed by atoms with E-state index in [1.165, 1.54) is 38.5 Å². The summed E-state index contributed by atoms with van der Waals surface area (Å²) in [5.41, 5.74) is 0. The average Bonchev–Trinajstić information content (AvgIpc) is 2.43.